The molecule has 1 aromatic rings. The summed E-state index contributed by atoms with van der Waals surface area (Å²) in [5.41, 5.74) is 2.85. The molecule has 1 aromatic carbocycles. The van der Waals surface area contributed by atoms with Crippen molar-refractivity contribution in [2.75, 3.05) is 0 Å². The molecule has 0 unspecified atom stereocenters. The molecule has 0 aliphatic carbocycles. The molecule has 1 nitrogen and oxygen atoms in total. The third kappa shape index (κ3) is 1.51. The topological polar surface area (TPSA) is 12.0 Å². The van der Waals surface area contributed by atoms with Crippen LogP contribution in [0.25, 0.3) is 0 Å². The molecule has 1 aliphatic rings. The third-order valence-corrected chi connectivity index (χ3v) is 2.95. The van der Waals surface area contributed by atoms with Crippen LogP contribution >= 0.6 is 28.3 Å². The van der Waals surface area contributed by atoms with Crippen LogP contribution in [0, 0.1) is 0 Å². The van der Waals surface area contributed by atoms with Gasteiger partial charge in [-0.1, -0.05) is 28.1 Å². The molecule has 3 heteroatoms. The van der Waals surface area contributed by atoms with Gasteiger partial charge in [0.15, 0.2) is 0 Å². The van der Waals surface area contributed by atoms with Crippen LogP contribution in [-0.2, 0) is 6.54 Å². The van der Waals surface area contributed by atoms with Gasteiger partial charge in [0.2, 0.25) is 0 Å². The van der Waals surface area contributed by atoms with Crippen molar-refractivity contribution in [3.8, 4) is 0 Å². The van der Waals surface area contributed by atoms with E-state index in [0.717, 1.165) is 6.54 Å². The van der Waals surface area contributed by atoms with Crippen molar-refractivity contribution in [3.63, 3.8) is 0 Å². The quantitative estimate of drug-likeness (QED) is 0.744. The predicted molar refractivity (Wildman–Crippen MR) is 56.6 cm³/mol. The fourth-order valence-electron chi connectivity index (χ4n) is 1.53. The molecule has 0 bridgehead atoms. The predicted octanol–water partition coefficient (Wildman–Crippen LogP) is 3.04. The zero-order chi connectivity index (χ0) is 7.84. The highest BCUT2D eigenvalue weighted by Crippen LogP contribution is 2.30. The molecule has 0 amide bonds. The maximum Gasteiger partial charge on any atom is 0.0298 e. The smallest absolute Gasteiger partial charge is 0.0298 e. The zero-order valence-electron chi connectivity index (χ0n) is 6.80. The van der Waals surface area contributed by atoms with Crippen molar-refractivity contribution in [3.05, 3.63) is 33.8 Å². The van der Waals surface area contributed by atoms with Gasteiger partial charge in [-0.15, -0.1) is 12.4 Å². The molecule has 0 saturated heterocycles. The van der Waals surface area contributed by atoms with Crippen LogP contribution in [0.1, 0.15) is 24.1 Å². The Morgan fingerprint density at radius 2 is 2.25 bits per heavy atom. The lowest BCUT2D eigenvalue weighted by molar-refractivity contribution is 0.633. The number of nitrogens with one attached hydrogen (secondary N) is 1. The highest BCUT2D eigenvalue weighted by Gasteiger charge is 2.18. The van der Waals surface area contributed by atoms with E-state index < -0.39 is 0 Å². The largest absolute Gasteiger partial charge is 0.306 e. The summed E-state index contributed by atoms with van der Waals surface area (Å²) in [5, 5.41) is 3.40. The molecule has 1 heterocycles. The summed E-state index contributed by atoms with van der Waals surface area (Å²) in [6, 6.07) is 6.89. The summed E-state index contributed by atoms with van der Waals surface area (Å²) >= 11 is 3.53. The molecular formula is C9H11BrClN. The lowest BCUT2D eigenvalue weighted by atomic mass is 10.1. The Morgan fingerprint density at radius 1 is 1.50 bits per heavy atom. The summed E-state index contributed by atoms with van der Waals surface area (Å²) in [4.78, 5) is 0. The molecular weight excluding hydrogens is 237 g/mol. The average molecular weight is 249 g/mol. The van der Waals surface area contributed by atoms with Crippen LogP contribution in [0.3, 0.4) is 0 Å². The molecule has 0 saturated carbocycles. The molecule has 0 spiro atoms. The molecule has 0 radical (unpaired) electrons. The highest BCUT2D eigenvalue weighted by molar-refractivity contribution is 9.10. The number of benzene rings is 1. The van der Waals surface area contributed by atoms with E-state index >= 15 is 0 Å². The molecule has 66 valence electrons. The second-order valence-corrected chi connectivity index (χ2v) is 3.76. The Kier molecular flexibility index (Phi) is 3.16. The maximum atomic E-state index is 3.53. The Labute approximate surface area is 87.1 Å². The summed E-state index contributed by atoms with van der Waals surface area (Å²) in [7, 11) is 0. The summed E-state index contributed by atoms with van der Waals surface area (Å²) in [6.07, 6.45) is 0. The van der Waals surface area contributed by atoms with Crippen LogP contribution in [0.15, 0.2) is 22.7 Å². The van der Waals surface area contributed by atoms with Gasteiger partial charge in [-0.25, -0.2) is 0 Å². The van der Waals surface area contributed by atoms with Gasteiger partial charge < -0.3 is 5.32 Å². The number of hydrogen-bond donors (Lipinski definition) is 1. The van der Waals surface area contributed by atoms with Crippen LogP contribution in [-0.4, -0.2) is 0 Å². The monoisotopic (exact) mass is 247 g/mol. The van der Waals surface area contributed by atoms with Gasteiger partial charge in [0.25, 0.3) is 0 Å². The molecule has 12 heavy (non-hydrogen) atoms. The van der Waals surface area contributed by atoms with Gasteiger partial charge in [0.1, 0.15) is 0 Å². The van der Waals surface area contributed by atoms with Crippen LogP contribution < -0.4 is 5.32 Å². The van der Waals surface area contributed by atoms with E-state index in [9.17, 15) is 0 Å². The van der Waals surface area contributed by atoms with Gasteiger partial charge in [0.05, 0.1) is 0 Å². The van der Waals surface area contributed by atoms with Crippen LogP contribution in [0.2, 0.25) is 0 Å². The van der Waals surface area contributed by atoms with Crippen molar-refractivity contribution in [2.45, 2.75) is 19.5 Å². The summed E-state index contributed by atoms with van der Waals surface area (Å²) in [5.74, 6) is 0. The Hall–Kier alpha value is -0.0500. The first-order valence-corrected chi connectivity index (χ1v) is 4.59. The third-order valence-electron chi connectivity index (χ3n) is 2.21. The fourth-order valence-corrected chi connectivity index (χ4v) is 2.05. The van der Waals surface area contributed by atoms with Gasteiger partial charge in [-0.05, 0) is 24.1 Å². The minimum absolute atomic E-state index is 0. The standard InChI is InChI=1S/C9H10BrN.ClH/c1-6-7-3-2-4-9(10)8(7)5-11-6;/h2-4,6,11H,5H2,1H3;1H/t6-;/m0./s1. The Bertz CT molecular complexity index is 288. The Balaban J connectivity index is 0.000000720. The van der Waals surface area contributed by atoms with Gasteiger partial charge >= 0.3 is 0 Å². The van der Waals surface area contributed by atoms with Crippen molar-refractivity contribution in [2.24, 2.45) is 0 Å². The van der Waals surface area contributed by atoms with E-state index in [-0.39, 0.29) is 12.4 Å². The van der Waals surface area contributed by atoms with Gasteiger partial charge in [0, 0.05) is 17.1 Å². The minimum Gasteiger partial charge on any atom is -0.306 e. The zero-order valence-corrected chi connectivity index (χ0v) is 9.21. The SMILES string of the molecule is C[C@@H]1NCc2c(Br)cccc21.Cl. The second-order valence-electron chi connectivity index (χ2n) is 2.91. The van der Waals surface area contributed by atoms with E-state index in [0.29, 0.717) is 6.04 Å². The maximum absolute atomic E-state index is 3.53. The Morgan fingerprint density at radius 3 is 2.92 bits per heavy atom. The first kappa shape index (κ1) is 10.0. The fraction of sp³-hybridized carbons (Fsp3) is 0.333. The van der Waals surface area contributed by atoms with E-state index in [4.69, 9.17) is 0 Å². The number of rotatable bonds is 0. The van der Waals surface area contributed by atoms with Crippen molar-refractivity contribution in [1.82, 2.24) is 5.32 Å². The molecule has 2 rings (SSSR count). The molecule has 1 atom stereocenters. The van der Waals surface area contributed by atoms with Crippen molar-refractivity contribution < 1.29 is 0 Å². The number of fused-ring (bicyclic) bond motifs is 1. The van der Waals surface area contributed by atoms with Crippen molar-refractivity contribution >= 4 is 28.3 Å². The van der Waals surface area contributed by atoms with Crippen LogP contribution in [0.4, 0.5) is 0 Å². The summed E-state index contributed by atoms with van der Waals surface area (Å²) < 4.78 is 1.23. The number of halogens is 2. The minimum atomic E-state index is 0. The highest BCUT2D eigenvalue weighted by atomic mass is 79.9. The second kappa shape index (κ2) is 3.77. The van der Waals surface area contributed by atoms with E-state index in [1.165, 1.54) is 15.6 Å². The molecule has 1 aliphatic heterocycles. The lowest BCUT2D eigenvalue weighted by Gasteiger charge is -2.03. The first-order valence-electron chi connectivity index (χ1n) is 3.79. The first-order chi connectivity index (χ1) is 5.29. The van der Waals surface area contributed by atoms with E-state index in [1.54, 1.807) is 0 Å². The molecule has 1 N–H and O–H groups in total. The normalized spacial score (nSPS) is 20.0. The summed E-state index contributed by atoms with van der Waals surface area (Å²) in [6.45, 7) is 3.19. The van der Waals surface area contributed by atoms with Gasteiger partial charge in [-0.2, -0.15) is 0 Å². The molecule has 0 fully saturated rings. The molecule has 0 aromatic heterocycles. The van der Waals surface area contributed by atoms with Gasteiger partial charge in [-0.3, -0.25) is 0 Å². The van der Waals surface area contributed by atoms with Crippen LogP contribution in [0.5, 0.6) is 0 Å². The lowest BCUT2D eigenvalue weighted by Crippen LogP contribution is -2.06. The van der Waals surface area contributed by atoms with Crippen molar-refractivity contribution in [1.29, 1.82) is 0 Å². The number of hydrogen-bond acceptors (Lipinski definition) is 1. The van der Waals surface area contributed by atoms with E-state index in [1.807, 2.05) is 0 Å². The van der Waals surface area contributed by atoms with E-state index in [2.05, 4.69) is 46.4 Å². The average Bonchev–Trinajstić information content (AvgIpc) is 2.35.